The monoisotopic (exact) mass is 657 g/mol. The average Bonchev–Trinajstić information content (AvgIpc) is 3.03. The number of likely N-dealkylation sites (N-methyl/N-ethyl adjacent to an activating group) is 1. The van der Waals surface area contributed by atoms with Crippen molar-refractivity contribution in [2.45, 2.75) is 76.8 Å². The lowest BCUT2D eigenvalue weighted by Gasteiger charge is -2.52. The number of benzene rings is 2. The highest BCUT2D eigenvalue weighted by molar-refractivity contribution is 7.90. The van der Waals surface area contributed by atoms with Gasteiger partial charge < -0.3 is 19.7 Å². The zero-order chi connectivity index (χ0) is 32.2. The van der Waals surface area contributed by atoms with Gasteiger partial charge in [0.15, 0.2) is 0 Å². The molecular formula is C34H44ClN3O6S. The number of sulfonamides is 1. The molecule has 2 amide bonds. The molecule has 9 nitrogen and oxygen atoms in total. The first-order valence-electron chi connectivity index (χ1n) is 15.8. The lowest BCUT2D eigenvalue weighted by molar-refractivity contribution is -0.130. The van der Waals surface area contributed by atoms with Gasteiger partial charge in [-0.25, -0.2) is 13.1 Å². The second-order valence-corrected chi connectivity index (χ2v) is 15.3. The Kier molecular flexibility index (Phi) is 10.5. The Morgan fingerprint density at radius 2 is 2.00 bits per heavy atom. The first-order valence-corrected chi connectivity index (χ1v) is 17.8. The Morgan fingerprint density at radius 3 is 2.76 bits per heavy atom. The van der Waals surface area contributed by atoms with Crippen molar-refractivity contribution in [3.63, 3.8) is 0 Å². The molecule has 2 aliphatic heterocycles. The van der Waals surface area contributed by atoms with Crippen molar-refractivity contribution in [3.8, 4) is 5.75 Å². The summed E-state index contributed by atoms with van der Waals surface area (Å²) < 4.78 is 41.1. The van der Waals surface area contributed by atoms with E-state index in [1.54, 1.807) is 32.2 Å². The van der Waals surface area contributed by atoms with Crippen LogP contribution < -0.4 is 19.7 Å². The lowest BCUT2D eigenvalue weighted by Crippen LogP contribution is -2.52. The number of amides is 2. The Balaban J connectivity index is 1.55. The van der Waals surface area contributed by atoms with Gasteiger partial charge in [-0.15, -0.1) is 0 Å². The molecule has 2 bridgehead atoms. The van der Waals surface area contributed by atoms with Crippen LogP contribution in [0.25, 0.3) is 0 Å². The molecule has 2 aromatic rings. The van der Waals surface area contributed by atoms with Crippen LogP contribution in [0.1, 0.15) is 73.9 Å². The number of fused-ring (bicyclic) bond motifs is 3. The van der Waals surface area contributed by atoms with Crippen molar-refractivity contribution in [1.29, 1.82) is 0 Å². The maximum atomic E-state index is 13.3. The first kappa shape index (κ1) is 33.3. The average molecular weight is 658 g/mol. The molecule has 4 atom stereocenters. The molecule has 1 unspecified atom stereocenters. The molecule has 0 saturated heterocycles. The summed E-state index contributed by atoms with van der Waals surface area (Å²) in [5, 5.41) is 2.54. The molecule has 0 aromatic heterocycles. The van der Waals surface area contributed by atoms with Gasteiger partial charge in [-0.3, -0.25) is 9.59 Å². The summed E-state index contributed by atoms with van der Waals surface area (Å²) in [6.45, 7) is 5.55. The summed E-state index contributed by atoms with van der Waals surface area (Å²) in [5.74, 6) is -0.0802. The predicted molar refractivity (Wildman–Crippen MR) is 176 cm³/mol. The van der Waals surface area contributed by atoms with Crippen molar-refractivity contribution >= 4 is 39.1 Å². The highest BCUT2D eigenvalue weighted by Crippen LogP contribution is 2.51. The standard InChI is InChI=1S/C34H44ClN3O6S/c1-23-8-4-5-10-30(44-21-32(39)36-3)28-15-16-34(28,2)22-38-17-7-6-9-24-18-27(35)13-11-26(24)20-43-31-14-12-25(19-29(31)38)33(40)37-45(23,41)42/h5,10-14,18-19,23,28,30H,4,6-9,15-17,20-22H2,1-3H3,(H,36,39)(H,37,40)/b10-5+/t23-,28+,30+,34?/m1/s1. The molecule has 5 rings (SSSR count). The van der Waals surface area contributed by atoms with E-state index in [0.717, 1.165) is 48.9 Å². The topological polar surface area (TPSA) is 114 Å². The number of aryl methyl sites for hydroxylation is 1. The van der Waals surface area contributed by atoms with Crippen LogP contribution in [0.3, 0.4) is 0 Å². The smallest absolute Gasteiger partial charge is 0.264 e. The molecule has 0 spiro atoms. The van der Waals surface area contributed by atoms with Gasteiger partial charge in [-0.1, -0.05) is 36.7 Å². The number of hydrogen-bond acceptors (Lipinski definition) is 7. The van der Waals surface area contributed by atoms with Crippen LogP contribution in [-0.4, -0.2) is 58.3 Å². The Labute approximate surface area is 271 Å². The van der Waals surface area contributed by atoms with Crippen molar-refractivity contribution in [2.24, 2.45) is 11.3 Å². The highest BCUT2D eigenvalue weighted by atomic mass is 35.5. The zero-order valence-electron chi connectivity index (χ0n) is 26.3. The third kappa shape index (κ3) is 7.84. The third-order valence-corrected chi connectivity index (χ3v) is 11.6. The van der Waals surface area contributed by atoms with E-state index in [9.17, 15) is 18.0 Å². The van der Waals surface area contributed by atoms with E-state index < -0.39 is 21.2 Å². The molecule has 1 fully saturated rings. The fraction of sp³-hybridized carbons (Fsp3) is 0.529. The SMILES string of the molecule is CNC(=O)CO[C@H]1/C=C/CC[C@@H](C)S(=O)(=O)NC(=O)c2ccc3c(c2)N(CCCCc2cc(Cl)ccc2CO3)CC2(C)CC[C@@H]12. The Bertz CT molecular complexity index is 1550. The third-order valence-electron chi connectivity index (χ3n) is 9.62. The maximum absolute atomic E-state index is 13.3. The summed E-state index contributed by atoms with van der Waals surface area (Å²) in [6, 6.07) is 11.0. The molecule has 244 valence electrons. The van der Waals surface area contributed by atoms with Crippen molar-refractivity contribution < 1.29 is 27.5 Å². The number of ether oxygens (including phenoxy) is 2. The van der Waals surface area contributed by atoms with Gasteiger partial charge in [0.2, 0.25) is 15.9 Å². The number of rotatable bonds is 3. The molecule has 1 aliphatic carbocycles. The van der Waals surface area contributed by atoms with Crippen LogP contribution in [0.4, 0.5) is 5.69 Å². The van der Waals surface area contributed by atoms with Crippen LogP contribution in [-0.2, 0) is 32.6 Å². The molecule has 0 radical (unpaired) electrons. The van der Waals surface area contributed by atoms with Crippen molar-refractivity contribution in [2.75, 3.05) is 31.6 Å². The minimum atomic E-state index is -3.92. The van der Waals surface area contributed by atoms with Gasteiger partial charge in [-0.2, -0.15) is 0 Å². The summed E-state index contributed by atoms with van der Waals surface area (Å²) in [6.07, 6.45) is 9.09. The van der Waals surface area contributed by atoms with Crippen LogP contribution in [0.15, 0.2) is 48.6 Å². The first-order chi connectivity index (χ1) is 21.5. The second-order valence-electron chi connectivity index (χ2n) is 12.8. The summed E-state index contributed by atoms with van der Waals surface area (Å²) in [4.78, 5) is 27.7. The number of allylic oxidation sites excluding steroid dienone is 1. The van der Waals surface area contributed by atoms with Crippen LogP contribution >= 0.6 is 11.6 Å². The Hall–Kier alpha value is -3.08. The molecule has 45 heavy (non-hydrogen) atoms. The van der Waals surface area contributed by atoms with Gasteiger partial charge in [0.05, 0.1) is 17.0 Å². The van der Waals surface area contributed by atoms with E-state index in [1.165, 1.54) is 0 Å². The fourth-order valence-electron chi connectivity index (χ4n) is 6.61. The highest BCUT2D eigenvalue weighted by Gasteiger charge is 2.48. The van der Waals surface area contributed by atoms with Crippen molar-refractivity contribution in [3.05, 3.63) is 70.3 Å². The van der Waals surface area contributed by atoms with E-state index >= 15 is 0 Å². The van der Waals surface area contributed by atoms with Crippen molar-refractivity contribution in [1.82, 2.24) is 10.0 Å². The maximum Gasteiger partial charge on any atom is 0.264 e. The van der Waals surface area contributed by atoms with Crippen LogP contribution in [0.2, 0.25) is 5.02 Å². The number of anilines is 1. The number of halogens is 1. The van der Waals surface area contributed by atoms with E-state index in [0.29, 0.717) is 43.3 Å². The predicted octanol–water partition coefficient (Wildman–Crippen LogP) is 5.41. The van der Waals surface area contributed by atoms with E-state index in [4.69, 9.17) is 21.1 Å². The van der Waals surface area contributed by atoms with Gasteiger partial charge in [0.1, 0.15) is 19.0 Å². The molecular weight excluding hydrogens is 614 g/mol. The minimum absolute atomic E-state index is 0.0524. The molecule has 3 aliphatic rings. The van der Waals surface area contributed by atoms with Gasteiger partial charge >= 0.3 is 0 Å². The van der Waals surface area contributed by atoms with E-state index in [1.807, 2.05) is 30.4 Å². The number of nitrogens with one attached hydrogen (secondary N) is 2. The van der Waals surface area contributed by atoms with Gasteiger partial charge in [0.25, 0.3) is 5.91 Å². The van der Waals surface area contributed by atoms with E-state index in [2.05, 4.69) is 21.9 Å². The number of hydrogen-bond donors (Lipinski definition) is 2. The minimum Gasteiger partial charge on any atom is -0.487 e. The number of carbonyl (C=O) groups is 2. The van der Waals surface area contributed by atoms with E-state index in [-0.39, 0.29) is 35.5 Å². The second kappa shape index (κ2) is 14.1. The number of carbonyl (C=O) groups excluding carboxylic acids is 2. The summed E-state index contributed by atoms with van der Waals surface area (Å²) in [5.41, 5.74) is 3.09. The lowest BCUT2D eigenvalue weighted by atomic mass is 9.58. The summed E-state index contributed by atoms with van der Waals surface area (Å²) in [7, 11) is -2.33. The van der Waals surface area contributed by atoms with Crippen LogP contribution in [0.5, 0.6) is 5.75 Å². The van der Waals surface area contributed by atoms with Gasteiger partial charge in [0, 0.05) is 30.7 Å². The molecule has 2 heterocycles. The largest absolute Gasteiger partial charge is 0.487 e. The molecule has 2 N–H and O–H groups in total. The quantitative estimate of drug-likeness (QED) is 0.425. The molecule has 2 aromatic carbocycles. The number of nitrogens with zero attached hydrogens (tertiary/aromatic N) is 1. The Morgan fingerprint density at radius 1 is 1.18 bits per heavy atom. The molecule has 1 saturated carbocycles. The molecule has 11 heteroatoms. The van der Waals surface area contributed by atoms with Crippen LogP contribution in [0, 0.1) is 11.3 Å². The fourth-order valence-corrected chi connectivity index (χ4v) is 7.82. The normalized spacial score (nSPS) is 27.7. The zero-order valence-corrected chi connectivity index (χ0v) is 27.9. The summed E-state index contributed by atoms with van der Waals surface area (Å²) >= 11 is 6.33. The van der Waals surface area contributed by atoms with Gasteiger partial charge in [-0.05, 0) is 105 Å².